The highest BCUT2D eigenvalue weighted by molar-refractivity contribution is 7.88. The van der Waals surface area contributed by atoms with E-state index in [1.54, 1.807) is 26.8 Å². The van der Waals surface area contributed by atoms with Crippen LogP contribution in [0.5, 0.6) is 0 Å². The monoisotopic (exact) mass is 555 g/mol. The number of aryl methyl sites for hydroxylation is 1. The summed E-state index contributed by atoms with van der Waals surface area (Å²) in [5.74, 6) is -0.978. The molecule has 3 N–H and O–H groups in total. The number of benzene rings is 1. The van der Waals surface area contributed by atoms with Gasteiger partial charge in [0.25, 0.3) is 5.56 Å². The van der Waals surface area contributed by atoms with Crippen molar-refractivity contribution < 1.29 is 18.0 Å². The molecule has 0 spiro atoms. The lowest BCUT2D eigenvalue weighted by Gasteiger charge is -2.37. The van der Waals surface area contributed by atoms with Gasteiger partial charge in [0, 0.05) is 24.0 Å². The number of aromatic nitrogens is 1. The van der Waals surface area contributed by atoms with Gasteiger partial charge in [0.05, 0.1) is 12.3 Å². The third kappa shape index (κ3) is 5.72. The zero-order valence-electron chi connectivity index (χ0n) is 23.5. The third-order valence-electron chi connectivity index (χ3n) is 8.18. The second-order valence-corrected chi connectivity index (χ2v) is 14.5. The van der Waals surface area contributed by atoms with E-state index in [1.807, 2.05) is 39.0 Å². The maximum Gasteiger partial charge on any atom is 0.251 e. The highest BCUT2D eigenvalue weighted by Crippen LogP contribution is 2.65. The smallest absolute Gasteiger partial charge is 0.251 e. The van der Waals surface area contributed by atoms with Gasteiger partial charge in [-0.05, 0) is 53.2 Å². The van der Waals surface area contributed by atoms with Gasteiger partial charge in [-0.25, -0.2) is 13.1 Å². The molecule has 2 aromatic rings. The fraction of sp³-hybridized carbons (Fsp3) is 0.571. The second kappa shape index (κ2) is 9.75. The Morgan fingerprint density at radius 2 is 1.92 bits per heavy atom. The molecule has 2 aliphatic rings. The number of hydrogen-bond acceptors (Lipinski definition) is 6. The molecule has 2 fully saturated rings. The summed E-state index contributed by atoms with van der Waals surface area (Å²) in [7, 11) is -3.70. The van der Waals surface area contributed by atoms with Crippen molar-refractivity contribution >= 4 is 32.7 Å². The van der Waals surface area contributed by atoms with Crippen molar-refractivity contribution in [2.24, 2.45) is 22.7 Å². The van der Waals surface area contributed by atoms with Crippen LogP contribution < -0.4 is 15.6 Å². The largest absolute Gasteiger partial charge is 0.338 e. The molecule has 0 radical (unpaired) electrons. The first-order valence-electron chi connectivity index (χ1n) is 13.0. The first-order chi connectivity index (χ1) is 17.9. The summed E-state index contributed by atoms with van der Waals surface area (Å²) in [6, 6.07) is 6.56. The van der Waals surface area contributed by atoms with Crippen LogP contribution in [0.2, 0.25) is 0 Å². The van der Waals surface area contributed by atoms with Crippen LogP contribution in [0.3, 0.4) is 0 Å². The number of aromatic amines is 1. The fourth-order valence-corrected chi connectivity index (χ4v) is 6.80. The quantitative estimate of drug-likeness (QED) is 0.474. The Bertz CT molecular complexity index is 1530. The molecule has 0 bridgehead atoms. The number of hydrogen-bond donors (Lipinski definition) is 3. The average molecular weight is 556 g/mol. The van der Waals surface area contributed by atoms with Gasteiger partial charge in [0.2, 0.25) is 21.8 Å². The minimum atomic E-state index is -3.70. The summed E-state index contributed by atoms with van der Waals surface area (Å²) in [5, 5.41) is 13.5. The maximum absolute atomic E-state index is 13.7. The minimum absolute atomic E-state index is 0.000139. The number of nitrogens with zero attached hydrogens (tertiary/aromatic N) is 2. The highest BCUT2D eigenvalue weighted by Gasteiger charge is 2.69. The molecule has 1 aliphatic carbocycles. The topological polar surface area (TPSA) is 152 Å². The van der Waals surface area contributed by atoms with Crippen LogP contribution in [-0.4, -0.2) is 61.0 Å². The molecular weight excluding hydrogens is 518 g/mol. The van der Waals surface area contributed by atoms with Gasteiger partial charge in [-0.1, -0.05) is 46.2 Å². The van der Waals surface area contributed by atoms with Crippen LogP contribution in [0, 0.1) is 40.9 Å². The number of fused-ring (bicyclic) bond motifs is 2. The van der Waals surface area contributed by atoms with Crippen molar-refractivity contribution in [3.8, 4) is 6.07 Å². The predicted octanol–water partition coefficient (Wildman–Crippen LogP) is 1.83. The fourth-order valence-electron chi connectivity index (χ4n) is 5.92. The Hall–Kier alpha value is -3.23. The molecule has 2 heterocycles. The highest BCUT2D eigenvalue weighted by atomic mass is 32.2. The first kappa shape index (κ1) is 28.8. The normalized spacial score (nSPS) is 23.5. The van der Waals surface area contributed by atoms with Crippen LogP contribution in [-0.2, 0) is 26.0 Å². The standard InChI is InChI=1S/C28H37N5O5S/c1-15-8-9-20-16(10-15)11-17(24(34)31-20)12-18(13-29)30-25(35)22-21-19(28(21,5)6)14-33(22)26(36)23(27(2,3)4)32-39(7,37)38/h8-11,18-19,21-23,32H,12,14H2,1-7H3,(H,30,35)(H,31,34)/t18?,19-,21-,22-,23+/m0/s1. The van der Waals surface area contributed by atoms with Crippen LogP contribution in [0.25, 0.3) is 10.9 Å². The lowest BCUT2D eigenvalue weighted by atomic mass is 9.86. The Labute approximate surface area is 229 Å². The number of nitrogens with one attached hydrogen (secondary N) is 3. The van der Waals surface area contributed by atoms with Crippen molar-refractivity contribution in [1.29, 1.82) is 5.26 Å². The van der Waals surface area contributed by atoms with Gasteiger partial charge in [0.1, 0.15) is 18.1 Å². The third-order valence-corrected chi connectivity index (χ3v) is 8.84. The van der Waals surface area contributed by atoms with Crippen LogP contribution in [0.15, 0.2) is 29.1 Å². The Kier molecular flexibility index (Phi) is 7.19. The summed E-state index contributed by atoms with van der Waals surface area (Å²) in [6.07, 6.45) is 1.00. The predicted molar refractivity (Wildman–Crippen MR) is 148 cm³/mol. The van der Waals surface area contributed by atoms with Gasteiger partial charge in [0.15, 0.2) is 0 Å². The van der Waals surface area contributed by atoms with Crippen molar-refractivity contribution in [3.05, 3.63) is 45.7 Å². The Morgan fingerprint density at radius 3 is 2.51 bits per heavy atom. The zero-order valence-corrected chi connectivity index (χ0v) is 24.3. The number of carbonyl (C=O) groups excluding carboxylic acids is 2. The molecule has 210 valence electrons. The van der Waals surface area contributed by atoms with Crippen molar-refractivity contribution in [2.45, 2.75) is 66.1 Å². The van der Waals surface area contributed by atoms with E-state index in [4.69, 9.17) is 0 Å². The molecule has 5 atom stereocenters. The van der Waals surface area contributed by atoms with Crippen LogP contribution in [0.1, 0.15) is 45.7 Å². The number of nitriles is 1. The molecule has 11 heteroatoms. The summed E-state index contributed by atoms with van der Waals surface area (Å²) >= 11 is 0. The zero-order chi connectivity index (χ0) is 29.1. The van der Waals surface area contributed by atoms with E-state index in [0.717, 1.165) is 17.2 Å². The van der Waals surface area contributed by atoms with Crippen LogP contribution in [0.4, 0.5) is 0 Å². The van der Waals surface area contributed by atoms with E-state index in [-0.39, 0.29) is 29.2 Å². The van der Waals surface area contributed by atoms with E-state index in [0.29, 0.717) is 17.6 Å². The molecular formula is C28H37N5O5S. The first-order valence-corrected chi connectivity index (χ1v) is 14.9. The van der Waals surface area contributed by atoms with Gasteiger partial charge in [-0.3, -0.25) is 14.4 Å². The Morgan fingerprint density at radius 1 is 1.26 bits per heavy atom. The Balaban J connectivity index is 1.58. The van der Waals surface area contributed by atoms with E-state index < -0.39 is 45.4 Å². The number of amides is 2. The minimum Gasteiger partial charge on any atom is -0.338 e. The molecule has 1 saturated carbocycles. The molecule has 1 aromatic heterocycles. The summed E-state index contributed by atoms with van der Waals surface area (Å²) in [6.45, 7) is 11.6. The van der Waals surface area contributed by atoms with Gasteiger partial charge in [-0.15, -0.1) is 0 Å². The molecule has 1 aliphatic heterocycles. The van der Waals surface area contributed by atoms with E-state index >= 15 is 0 Å². The van der Waals surface area contributed by atoms with E-state index in [2.05, 4.69) is 21.1 Å². The molecule has 39 heavy (non-hydrogen) atoms. The summed E-state index contributed by atoms with van der Waals surface area (Å²) < 4.78 is 26.6. The number of pyridine rings is 1. The van der Waals surface area contributed by atoms with Gasteiger partial charge in [-0.2, -0.15) is 5.26 Å². The molecule has 1 aromatic carbocycles. The number of H-pyrrole nitrogens is 1. The number of likely N-dealkylation sites (tertiary alicyclic amines) is 1. The van der Waals surface area contributed by atoms with Gasteiger partial charge < -0.3 is 15.2 Å². The average Bonchev–Trinajstić information content (AvgIpc) is 3.14. The number of piperidine rings is 1. The molecule has 10 nitrogen and oxygen atoms in total. The molecule has 2 amide bonds. The summed E-state index contributed by atoms with van der Waals surface area (Å²) in [4.78, 5) is 44.4. The van der Waals surface area contributed by atoms with E-state index in [9.17, 15) is 28.1 Å². The molecule has 1 unspecified atom stereocenters. The lowest BCUT2D eigenvalue weighted by molar-refractivity contribution is -0.143. The maximum atomic E-state index is 13.7. The molecule has 1 saturated heterocycles. The number of rotatable bonds is 7. The van der Waals surface area contributed by atoms with Crippen molar-refractivity contribution in [2.75, 3.05) is 12.8 Å². The SMILES string of the molecule is Cc1ccc2[nH]c(=O)c(CC(C#N)NC(=O)[C@@H]3[C@@H]4[C@H](CN3C(=O)[C@@H](NS(C)(=O)=O)C(C)(C)C)C4(C)C)cc2c1. The summed E-state index contributed by atoms with van der Waals surface area (Å²) in [5.41, 5.74) is 0.835. The second-order valence-electron chi connectivity index (χ2n) is 12.7. The van der Waals surface area contributed by atoms with Crippen LogP contribution >= 0.6 is 0 Å². The van der Waals surface area contributed by atoms with Crippen molar-refractivity contribution in [3.63, 3.8) is 0 Å². The van der Waals surface area contributed by atoms with Gasteiger partial charge >= 0.3 is 0 Å². The number of carbonyl (C=O) groups is 2. The lowest BCUT2D eigenvalue weighted by Crippen LogP contribution is -2.59. The van der Waals surface area contributed by atoms with E-state index in [1.165, 1.54) is 4.90 Å². The van der Waals surface area contributed by atoms with Crippen molar-refractivity contribution in [1.82, 2.24) is 19.9 Å². The molecule has 4 rings (SSSR count). The number of sulfonamides is 1.